The average molecular weight is 278 g/mol. The van der Waals surface area contributed by atoms with Crippen LogP contribution in [-0.2, 0) is 13.1 Å². The van der Waals surface area contributed by atoms with Crippen molar-refractivity contribution in [1.29, 1.82) is 0 Å². The Morgan fingerprint density at radius 1 is 1.40 bits per heavy atom. The Kier molecular flexibility index (Phi) is 5.83. The molecule has 0 spiro atoms. The van der Waals surface area contributed by atoms with Gasteiger partial charge in [-0.15, -0.1) is 0 Å². The molecule has 0 bridgehead atoms. The number of nitrogens with zero attached hydrogens (tertiary/aromatic N) is 1. The molecule has 1 aliphatic carbocycles. The monoisotopic (exact) mass is 278 g/mol. The number of aliphatic hydroxyl groups excluding tert-OH is 1. The van der Waals surface area contributed by atoms with Gasteiger partial charge in [0.2, 0.25) is 0 Å². The van der Waals surface area contributed by atoms with Gasteiger partial charge in [0.1, 0.15) is 5.75 Å². The third-order valence-corrected chi connectivity index (χ3v) is 4.15. The summed E-state index contributed by atoms with van der Waals surface area (Å²) in [5.74, 6) is 0.876. The molecule has 1 aromatic rings. The van der Waals surface area contributed by atoms with Crippen LogP contribution in [0, 0.1) is 0 Å². The lowest BCUT2D eigenvalue weighted by Crippen LogP contribution is -2.40. The third kappa shape index (κ3) is 3.72. The molecule has 0 heterocycles. The van der Waals surface area contributed by atoms with Crippen molar-refractivity contribution in [1.82, 2.24) is 4.90 Å². The second kappa shape index (κ2) is 7.62. The van der Waals surface area contributed by atoms with Crippen LogP contribution in [0.3, 0.4) is 0 Å². The summed E-state index contributed by atoms with van der Waals surface area (Å²) in [5, 5.41) is 9.04. The van der Waals surface area contributed by atoms with Crippen molar-refractivity contribution >= 4 is 0 Å². The van der Waals surface area contributed by atoms with Gasteiger partial charge in [0.25, 0.3) is 0 Å². The first-order valence-corrected chi connectivity index (χ1v) is 7.49. The molecule has 3 N–H and O–H groups in total. The molecule has 0 aliphatic heterocycles. The standard InChI is InChI=1S/C16H26N2O2/c1-20-16-10-13(6-7-14(16)11-17)12-18(8-3-9-19)15-4-2-5-15/h6-7,10,15,19H,2-5,8-9,11-12,17H2,1H3. The van der Waals surface area contributed by atoms with Gasteiger partial charge in [0.15, 0.2) is 0 Å². The molecule has 1 saturated carbocycles. The maximum absolute atomic E-state index is 9.04. The van der Waals surface area contributed by atoms with E-state index in [0.717, 1.165) is 30.8 Å². The first-order chi connectivity index (χ1) is 9.78. The van der Waals surface area contributed by atoms with Gasteiger partial charge >= 0.3 is 0 Å². The zero-order chi connectivity index (χ0) is 14.4. The number of aliphatic hydroxyl groups is 1. The van der Waals surface area contributed by atoms with E-state index >= 15 is 0 Å². The Morgan fingerprint density at radius 3 is 2.75 bits per heavy atom. The zero-order valence-electron chi connectivity index (χ0n) is 12.3. The van der Waals surface area contributed by atoms with Gasteiger partial charge < -0.3 is 15.6 Å². The molecule has 20 heavy (non-hydrogen) atoms. The van der Waals surface area contributed by atoms with Gasteiger partial charge in [-0.2, -0.15) is 0 Å². The van der Waals surface area contributed by atoms with Crippen molar-refractivity contribution in [2.24, 2.45) is 5.73 Å². The molecule has 4 nitrogen and oxygen atoms in total. The van der Waals surface area contributed by atoms with Crippen LogP contribution in [0.1, 0.15) is 36.8 Å². The number of nitrogens with two attached hydrogens (primary N) is 1. The minimum Gasteiger partial charge on any atom is -0.496 e. The lowest BCUT2D eigenvalue weighted by Gasteiger charge is -2.37. The van der Waals surface area contributed by atoms with Crippen LogP contribution in [0.2, 0.25) is 0 Å². The van der Waals surface area contributed by atoms with E-state index in [1.54, 1.807) is 7.11 Å². The minimum atomic E-state index is 0.263. The average Bonchev–Trinajstić information content (AvgIpc) is 2.42. The molecule has 0 saturated heterocycles. The van der Waals surface area contributed by atoms with E-state index in [0.29, 0.717) is 12.6 Å². The fourth-order valence-electron chi connectivity index (χ4n) is 2.71. The smallest absolute Gasteiger partial charge is 0.123 e. The molecule has 0 radical (unpaired) electrons. The van der Waals surface area contributed by atoms with Crippen molar-refractivity contribution < 1.29 is 9.84 Å². The maximum Gasteiger partial charge on any atom is 0.123 e. The molecule has 0 amide bonds. The van der Waals surface area contributed by atoms with Gasteiger partial charge in [0.05, 0.1) is 7.11 Å². The normalized spacial score (nSPS) is 15.4. The first kappa shape index (κ1) is 15.3. The summed E-state index contributed by atoms with van der Waals surface area (Å²) in [5.41, 5.74) is 8.00. The zero-order valence-corrected chi connectivity index (χ0v) is 12.3. The quantitative estimate of drug-likeness (QED) is 0.762. The van der Waals surface area contributed by atoms with Gasteiger partial charge in [-0.05, 0) is 30.9 Å². The molecule has 1 aliphatic rings. The molecular formula is C16H26N2O2. The highest BCUT2D eigenvalue weighted by molar-refractivity contribution is 5.37. The van der Waals surface area contributed by atoms with E-state index in [1.807, 2.05) is 0 Å². The second-order valence-electron chi connectivity index (χ2n) is 5.48. The van der Waals surface area contributed by atoms with Gasteiger partial charge in [-0.1, -0.05) is 18.6 Å². The summed E-state index contributed by atoms with van der Waals surface area (Å²) >= 11 is 0. The lowest BCUT2D eigenvalue weighted by atomic mass is 9.91. The summed E-state index contributed by atoms with van der Waals surface area (Å²) < 4.78 is 5.40. The SMILES string of the molecule is COc1cc(CN(CCCO)C2CCC2)ccc1CN. The highest BCUT2D eigenvalue weighted by Gasteiger charge is 2.24. The van der Waals surface area contributed by atoms with Crippen LogP contribution in [0.15, 0.2) is 18.2 Å². The first-order valence-electron chi connectivity index (χ1n) is 7.49. The van der Waals surface area contributed by atoms with E-state index in [-0.39, 0.29) is 6.61 Å². The number of ether oxygens (including phenoxy) is 1. The highest BCUT2D eigenvalue weighted by Crippen LogP contribution is 2.27. The number of rotatable bonds is 8. The Bertz CT molecular complexity index is 419. The molecule has 112 valence electrons. The van der Waals surface area contributed by atoms with Crippen molar-refractivity contribution in [3.05, 3.63) is 29.3 Å². The van der Waals surface area contributed by atoms with E-state index < -0.39 is 0 Å². The van der Waals surface area contributed by atoms with Crippen LogP contribution in [0.25, 0.3) is 0 Å². The number of benzene rings is 1. The Morgan fingerprint density at radius 2 is 2.20 bits per heavy atom. The fraction of sp³-hybridized carbons (Fsp3) is 0.625. The van der Waals surface area contributed by atoms with Crippen LogP contribution >= 0.6 is 0 Å². The largest absolute Gasteiger partial charge is 0.496 e. The van der Waals surface area contributed by atoms with E-state index in [4.69, 9.17) is 15.6 Å². The molecular weight excluding hydrogens is 252 g/mol. The fourth-order valence-corrected chi connectivity index (χ4v) is 2.71. The molecule has 0 unspecified atom stereocenters. The van der Waals surface area contributed by atoms with Crippen LogP contribution in [0.4, 0.5) is 0 Å². The summed E-state index contributed by atoms with van der Waals surface area (Å²) in [6.45, 7) is 2.65. The predicted octanol–water partition coefficient (Wildman–Crippen LogP) is 1.89. The number of hydrogen-bond acceptors (Lipinski definition) is 4. The van der Waals surface area contributed by atoms with Gasteiger partial charge in [-0.3, -0.25) is 4.90 Å². The summed E-state index contributed by atoms with van der Waals surface area (Å²) in [7, 11) is 1.69. The second-order valence-corrected chi connectivity index (χ2v) is 5.48. The predicted molar refractivity (Wildman–Crippen MR) is 80.6 cm³/mol. The maximum atomic E-state index is 9.04. The molecule has 1 aromatic carbocycles. The summed E-state index contributed by atoms with van der Waals surface area (Å²) in [4.78, 5) is 2.48. The van der Waals surface area contributed by atoms with E-state index in [9.17, 15) is 0 Å². The van der Waals surface area contributed by atoms with E-state index in [2.05, 4.69) is 23.1 Å². The van der Waals surface area contributed by atoms with Crippen LogP contribution < -0.4 is 10.5 Å². The lowest BCUT2D eigenvalue weighted by molar-refractivity contribution is 0.109. The highest BCUT2D eigenvalue weighted by atomic mass is 16.5. The molecule has 1 fully saturated rings. The molecule has 2 rings (SSSR count). The van der Waals surface area contributed by atoms with Gasteiger partial charge in [0, 0.05) is 37.8 Å². The molecule has 0 aromatic heterocycles. The summed E-state index contributed by atoms with van der Waals surface area (Å²) in [6, 6.07) is 6.96. The molecule has 4 heteroatoms. The number of hydrogen-bond donors (Lipinski definition) is 2. The Hall–Kier alpha value is -1.10. The van der Waals surface area contributed by atoms with Crippen molar-refractivity contribution in [2.45, 2.75) is 44.8 Å². The topological polar surface area (TPSA) is 58.7 Å². The number of methoxy groups -OCH3 is 1. The minimum absolute atomic E-state index is 0.263. The summed E-state index contributed by atoms with van der Waals surface area (Å²) in [6.07, 6.45) is 4.73. The Labute approximate surface area is 121 Å². The Balaban J connectivity index is 2.05. The van der Waals surface area contributed by atoms with E-state index in [1.165, 1.54) is 24.8 Å². The van der Waals surface area contributed by atoms with Crippen LogP contribution in [0.5, 0.6) is 5.75 Å². The van der Waals surface area contributed by atoms with Crippen molar-refractivity contribution in [3.63, 3.8) is 0 Å². The third-order valence-electron chi connectivity index (χ3n) is 4.15. The van der Waals surface area contributed by atoms with Crippen LogP contribution in [-0.4, -0.2) is 36.3 Å². The molecule has 0 atom stereocenters. The van der Waals surface area contributed by atoms with Gasteiger partial charge in [-0.25, -0.2) is 0 Å². The van der Waals surface area contributed by atoms with Crippen molar-refractivity contribution in [3.8, 4) is 5.75 Å². The van der Waals surface area contributed by atoms with Crippen molar-refractivity contribution in [2.75, 3.05) is 20.3 Å².